The number of hydrogen-bond donors (Lipinski definition) is 1. The lowest BCUT2D eigenvalue weighted by Gasteiger charge is -2.15. The minimum Gasteiger partial charge on any atom is -0.309 e. The van der Waals surface area contributed by atoms with Gasteiger partial charge in [-0.1, -0.05) is 24.3 Å². The van der Waals surface area contributed by atoms with Crippen molar-refractivity contribution < 1.29 is 0 Å². The Morgan fingerprint density at radius 3 is 2.67 bits per heavy atom. The second kappa shape index (κ2) is 2.75. The molecule has 0 radical (unpaired) electrons. The molecule has 0 aromatic heterocycles. The largest absolute Gasteiger partial charge is 0.309 e. The van der Waals surface area contributed by atoms with Gasteiger partial charge in [-0.25, -0.2) is 0 Å². The SMILES string of the molecule is Cl.c1ccc2c(c1)C1CNC2C1. The fourth-order valence-electron chi connectivity index (χ4n) is 2.41. The molecule has 12 heavy (non-hydrogen) atoms. The van der Waals surface area contributed by atoms with Crippen LogP contribution in [0.15, 0.2) is 24.3 Å². The monoisotopic (exact) mass is 181 g/mol. The van der Waals surface area contributed by atoms with Crippen LogP contribution in [0.25, 0.3) is 0 Å². The van der Waals surface area contributed by atoms with Crippen molar-refractivity contribution >= 4 is 12.4 Å². The van der Waals surface area contributed by atoms with Gasteiger partial charge in [0.15, 0.2) is 0 Å². The first-order valence-electron chi connectivity index (χ1n) is 4.27. The van der Waals surface area contributed by atoms with Gasteiger partial charge < -0.3 is 5.32 Å². The standard InChI is InChI=1S/C10H11N.ClH/c1-2-4-9-8(3-1)7-5-10(9)11-6-7;/h1-4,7,10-11H,5-6H2;1H. The van der Waals surface area contributed by atoms with Crippen molar-refractivity contribution in [3.63, 3.8) is 0 Å². The Morgan fingerprint density at radius 2 is 1.92 bits per heavy atom. The van der Waals surface area contributed by atoms with Crippen molar-refractivity contribution in [1.82, 2.24) is 5.32 Å². The zero-order valence-electron chi connectivity index (χ0n) is 6.79. The van der Waals surface area contributed by atoms with Gasteiger partial charge >= 0.3 is 0 Å². The van der Waals surface area contributed by atoms with E-state index in [9.17, 15) is 0 Å². The predicted octanol–water partition coefficient (Wildman–Crippen LogP) is 2.24. The third-order valence-electron chi connectivity index (χ3n) is 2.94. The normalized spacial score (nSPS) is 29.7. The summed E-state index contributed by atoms with van der Waals surface area (Å²) < 4.78 is 0. The Labute approximate surface area is 78.6 Å². The summed E-state index contributed by atoms with van der Waals surface area (Å²) in [7, 11) is 0. The molecule has 1 N–H and O–H groups in total. The summed E-state index contributed by atoms with van der Waals surface area (Å²) in [5.41, 5.74) is 3.14. The van der Waals surface area contributed by atoms with Crippen molar-refractivity contribution in [3.8, 4) is 0 Å². The summed E-state index contributed by atoms with van der Waals surface area (Å²) in [5.74, 6) is 0.816. The van der Waals surface area contributed by atoms with Crippen molar-refractivity contribution in [2.75, 3.05) is 6.54 Å². The summed E-state index contributed by atoms with van der Waals surface area (Å²) in [5, 5.41) is 3.51. The van der Waals surface area contributed by atoms with E-state index in [1.165, 1.54) is 13.0 Å². The molecule has 1 nitrogen and oxygen atoms in total. The highest BCUT2D eigenvalue weighted by atomic mass is 35.5. The molecule has 2 unspecified atom stereocenters. The Morgan fingerprint density at radius 1 is 1.17 bits per heavy atom. The van der Waals surface area contributed by atoms with Gasteiger partial charge in [0.2, 0.25) is 0 Å². The van der Waals surface area contributed by atoms with Crippen LogP contribution in [0.4, 0.5) is 0 Å². The molecule has 1 aliphatic heterocycles. The number of hydrogen-bond acceptors (Lipinski definition) is 1. The zero-order chi connectivity index (χ0) is 7.26. The average Bonchev–Trinajstić information content (AvgIpc) is 2.64. The lowest BCUT2D eigenvalue weighted by molar-refractivity contribution is 0.650. The van der Waals surface area contributed by atoms with Gasteiger partial charge in [0, 0.05) is 12.6 Å². The number of halogens is 1. The Hall–Kier alpha value is -0.530. The summed E-state index contributed by atoms with van der Waals surface area (Å²) >= 11 is 0. The summed E-state index contributed by atoms with van der Waals surface area (Å²) in [6.07, 6.45) is 1.33. The van der Waals surface area contributed by atoms with Crippen LogP contribution in [-0.2, 0) is 0 Å². The van der Waals surface area contributed by atoms with Crippen molar-refractivity contribution in [3.05, 3.63) is 35.4 Å². The van der Waals surface area contributed by atoms with Crippen molar-refractivity contribution in [1.29, 1.82) is 0 Å². The maximum Gasteiger partial charge on any atom is 0.0329 e. The molecule has 1 fully saturated rings. The lowest BCUT2D eigenvalue weighted by atomic mass is 10.0. The Balaban J connectivity index is 0.000000563. The molecule has 2 atom stereocenters. The van der Waals surface area contributed by atoms with Crippen LogP contribution >= 0.6 is 12.4 Å². The highest BCUT2D eigenvalue weighted by Crippen LogP contribution is 2.44. The first kappa shape index (κ1) is 8.09. The number of benzene rings is 1. The highest BCUT2D eigenvalue weighted by molar-refractivity contribution is 5.85. The fraction of sp³-hybridized carbons (Fsp3) is 0.400. The van der Waals surface area contributed by atoms with Crippen LogP contribution < -0.4 is 5.32 Å². The smallest absolute Gasteiger partial charge is 0.0329 e. The number of rotatable bonds is 0. The molecule has 64 valence electrons. The van der Waals surface area contributed by atoms with Crippen molar-refractivity contribution in [2.45, 2.75) is 18.4 Å². The van der Waals surface area contributed by atoms with E-state index >= 15 is 0 Å². The molecule has 2 heteroatoms. The first-order valence-corrected chi connectivity index (χ1v) is 4.27. The van der Waals surface area contributed by atoms with E-state index in [2.05, 4.69) is 29.6 Å². The van der Waals surface area contributed by atoms with Gasteiger partial charge in [0.1, 0.15) is 0 Å². The minimum absolute atomic E-state index is 0. The summed E-state index contributed by atoms with van der Waals surface area (Å²) in [6.45, 7) is 1.20. The van der Waals surface area contributed by atoms with Gasteiger partial charge in [0.25, 0.3) is 0 Å². The van der Waals surface area contributed by atoms with E-state index in [-0.39, 0.29) is 12.4 Å². The third kappa shape index (κ3) is 0.900. The van der Waals surface area contributed by atoms with Gasteiger partial charge in [-0.3, -0.25) is 0 Å². The molecule has 1 saturated heterocycles. The van der Waals surface area contributed by atoms with Gasteiger partial charge in [-0.15, -0.1) is 12.4 Å². The van der Waals surface area contributed by atoms with E-state index in [0.29, 0.717) is 6.04 Å². The molecule has 3 rings (SSSR count). The van der Waals surface area contributed by atoms with Crippen LogP contribution in [0.5, 0.6) is 0 Å². The molecule has 0 saturated carbocycles. The van der Waals surface area contributed by atoms with Crippen LogP contribution in [0, 0.1) is 0 Å². The fourth-order valence-corrected chi connectivity index (χ4v) is 2.41. The summed E-state index contributed by atoms with van der Waals surface area (Å²) in [4.78, 5) is 0. The third-order valence-corrected chi connectivity index (χ3v) is 2.94. The van der Waals surface area contributed by atoms with Gasteiger partial charge in [0.05, 0.1) is 0 Å². The lowest BCUT2D eigenvalue weighted by Crippen LogP contribution is -2.19. The first-order chi connectivity index (χ1) is 5.45. The van der Waals surface area contributed by atoms with Crippen LogP contribution in [0.1, 0.15) is 29.5 Å². The number of nitrogens with one attached hydrogen (secondary N) is 1. The number of fused-ring (bicyclic) bond motifs is 5. The molecule has 1 aliphatic carbocycles. The molecule has 1 heterocycles. The zero-order valence-corrected chi connectivity index (χ0v) is 7.60. The maximum atomic E-state index is 3.51. The summed E-state index contributed by atoms with van der Waals surface area (Å²) in [6, 6.07) is 9.50. The van der Waals surface area contributed by atoms with Crippen LogP contribution in [0.3, 0.4) is 0 Å². The minimum atomic E-state index is 0. The molecular weight excluding hydrogens is 170 g/mol. The molecule has 0 spiro atoms. The Kier molecular flexibility index (Phi) is 1.85. The highest BCUT2D eigenvalue weighted by Gasteiger charge is 2.35. The molecular formula is C10H12ClN. The van der Waals surface area contributed by atoms with Gasteiger partial charge in [-0.2, -0.15) is 0 Å². The molecule has 0 amide bonds. The average molecular weight is 182 g/mol. The van der Waals surface area contributed by atoms with Crippen LogP contribution in [-0.4, -0.2) is 6.54 Å². The van der Waals surface area contributed by atoms with E-state index < -0.39 is 0 Å². The molecule has 2 aliphatic rings. The Bertz CT molecular complexity index is 269. The van der Waals surface area contributed by atoms with E-state index in [1.807, 2.05) is 0 Å². The quantitative estimate of drug-likeness (QED) is 0.648. The topological polar surface area (TPSA) is 12.0 Å². The molecule has 1 aromatic carbocycles. The van der Waals surface area contributed by atoms with Gasteiger partial charge in [-0.05, 0) is 23.5 Å². The predicted molar refractivity (Wildman–Crippen MR) is 51.8 cm³/mol. The maximum absolute atomic E-state index is 3.51. The van der Waals surface area contributed by atoms with Crippen LogP contribution in [0.2, 0.25) is 0 Å². The van der Waals surface area contributed by atoms with Crippen molar-refractivity contribution in [2.24, 2.45) is 0 Å². The second-order valence-corrected chi connectivity index (χ2v) is 3.52. The van der Waals surface area contributed by atoms with E-state index in [4.69, 9.17) is 0 Å². The van der Waals surface area contributed by atoms with E-state index in [0.717, 1.165) is 5.92 Å². The molecule has 1 aromatic rings. The van der Waals surface area contributed by atoms with E-state index in [1.54, 1.807) is 11.1 Å². The second-order valence-electron chi connectivity index (χ2n) is 3.52. The molecule has 2 bridgehead atoms.